The minimum Gasteiger partial charge on any atom is -0.484 e. The molecule has 2 atom stereocenters. The lowest BCUT2D eigenvalue weighted by Crippen LogP contribution is -2.53. The lowest BCUT2D eigenvalue weighted by molar-refractivity contribution is -0.138. The van der Waals surface area contributed by atoms with Gasteiger partial charge in [0.05, 0.1) is 12.3 Å². The Morgan fingerprint density at radius 1 is 1.08 bits per heavy atom. The summed E-state index contributed by atoms with van der Waals surface area (Å²) in [5.41, 5.74) is 0.232. The number of amides is 4. The number of carboxylic acids is 1. The predicted molar refractivity (Wildman–Crippen MR) is 142 cm³/mol. The van der Waals surface area contributed by atoms with Crippen molar-refractivity contribution in [2.45, 2.75) is 51.1 Å². The van der Waals surface area contributed by atoms with Gasteiger partial charge in [0.1, 0.15) is 11.9 Å². The van der Waals surface area contributed by atoms with Crippen LogP contribution in [0.4, 0.5) is 0 Å². The van der Waals surface area contributed by atoms with Gasteiger partial charge in [-0.15, -0.1) is 0 Å². The van der Waals surface area contributed by atoms with Gasteiger partial charge >= 0.3 is 5.97 Å². The van der Waals surface area contributed by atoms with Crippen LogP contribution in [0.15, 0.2) is 24.3 Å². The minimum atomic E-state index is -1.18. The average molecular weight is 546 g/mol. The molecule has 12 heteroatoms. The minimum absolute atomic E-state index is 0.0455. The van der Waals surface area contributed by atoms with Crippen LogP contribution in [0.5, 0.6) is 5.75 Å². The number of ether oxygens (including phenoxy) is 1. The molecule has 2 saturated heterocycles. The quantitative estimate of drug-likeness (QED) is 0.237. The molecule has 39 heavy (non-hydrogen) atoms. The van der Waals surface area contributed by atoms with Crippen molar-refractivity contribution in [3.05, 3.63) is 29.8 Å². The molecule has 2 aliphatic rings. The van der Waals surface area contributed by atoms with Crippen molar-refractivity contribution in [2.75, 3.05) is 39.8 Å². The van der Waals surface area contributed by atoms with Gasteiger partial charge in [0, 0.05) is 32.1 Å². The highest BCUT2D eigenvalue weighted by Gasteiger charge is 2.30. The molecule has 0 aliphatic carbocycles. The Hall–Kier alpha value is -3.67. The van der Waals surface area contributed by atoms with E-state index in [-0.39, 0.29) is 30.5 Å². The highest BCUT2D eigenvalue weighted by molar-refractivity contribution is 5.95. The third kappa shape index (κ3) is 9.86. The van der Waals surface area contributed by atoms with Crippen LogP contribution < -0.4 is 26.0 Å². The molecule has 0 bridgehead atoms. The zero-order valence-electron chi connectivity index (χ0n) is 22.4. The van der Waals surface area contributed by atoms with Gasteiger partial charge in [-0.3, -0.25) is 24.0 Å². The number of hydrogen-bond donors (Lipinski definition) is 5. The number of likely N-dealkylation sites (N-methyl/N-ethyl adjacent to an activating group) is 1. The summed E-state index contributed by atoms with van der Waals surface area (Å²) < 4.78 is 5.31. The number of nitrogens with zero attached hydrogens (tertiary/aromatic N) is 1. The molecule has 3 rings (SSSR count). The number of rotatable bonds is 12. The number of carbonyl (C=O) groups excluding carboxylic acids is 4. The molecule has 0 spiro atoms. The fourth-order valence-electron chi connectivity index (χ4n) is 4.84. The van der Waals surface area contributed by atoms with Crippen LogP contribution in [0.25, 0.3) is 0 Å². The van der Waals surface area contributed by atoms with Crippen LogP contribution in [-0.4, -0.2) is 85.6 Å². The number of nitrogens with one attached hydrogen (secondary N) is 4. The SMILES string of the molecule is CNC(=O)COc1ccc(C(=O)N[C@H](CC(=O)O)NC(=O)[C@@H]2CCCN(C(=O)CCC3CCNCC3)C2)cc1. The third-order valence-electron chi connectivity index (χ3n) is 7.14. The number of aliphatic carboxylic acids is 1. The first-order chi connectivity index (χ1) is 18.7. The maximum atomic E-state index is 13.0. The number of carboxylic acid groups (broad SMARTS) is 1. The number of hydrogen-bond acceptors (Lipinski definition) is 7. The van der Waals surface area contributed by atoms with Crippen molar-refractivity contribution < 1.29 is 33.8 Å². The van der Waals surface area contributed by atoms with Crippen LogP contribution in [0.3, 0.4) is 0 Å². The molecule has 12 nitrogen and oxygen atoms in total. The molecule has 2 fully saturated rings. The predicted octanol–water partition coefficient (Wildman–Crippen LogP) is 0.477. The van der Waals surface area contributed by atoms with E-state index in [1.165, 1.54) is 31.3 Å². The van der Waals surface area contributed by atoms with E-state index in [1.54, 1.807) is 4.90 Å². The van der Waals surface area contributed by atoms with Gasteiger partial charge in [-0.05, 0) is 75.4 Å². The largest absolute Gasteiger partial charge is 0.484 e. The van der Waals surface area contributed by atoms with Gasteiger partial charge in [-0.25, -0.2) is 0 Å². The molecular formula is C27H39N5O7. The fourth-order valence-corrected chi connectivity index (χ4v) is 4.84. The second kappa shape index (κ2) is 15.1. The number of likely N-dealkylation sites (tertiary alicyclic amines) is 1. The molecule has 2 heterocycles. The van der Waals surface area contributed by atoms with Gasteiger partial charge in [0.15, 0.2) is 6.61 Å². The monoisotopic (exact) mass is 545 g/mol. The molecule has 0 radical (unpaired) electrons. The first kappa shape index (κ1) is 29.9. The van der Waals surface area contributed by atoms with Crippen molar-refractivity contribution in [1.29, 1.82) is 0 Å². The van der Waals surface area contributed by atoms with E-state index in [9.17, 15) is 29.1 Å². The normalized spacial score (nSPS) is 18.5. The molecule has 5 N–H and O–H groups in total. The number of piperidine rings is 2. The molecule has 1 aromatic carbocycles. The zero-order chi connectivity index (χ0) is 28.2. The standard InChI is InChI=1S/C27H39N5O7/c1-28-23(33)17-39-21-7-5-19(6-8-21)26(37)30-22(15-25(35)36)31-27(38)20-3-2-14-32(16-20)24(34)9-4-18-10-12-29-13-11-18/h5-8,18,20,22,29H,2-4,9-17H2,1H3,(H,28,33)(H,30,37)(H,31,38)(H,35,36)/t20-,22+/m1/s1. The second-order valence-corrected chi connectivity index (χ2v) is 10.0. The van der Waals surface area contributed by atoms with Gasteiger partial charge in [0.2, 0.25) is 11.8 Å². The Bertz CT molecular complexity index is 1010. The van der Waals surface area contributed by atoms with Crippen LogP contribution >= 0.6 is 0 Å². The summed E-state index contributed by atoms with van der Waals surface area (Å²) in [5.74, 6) is -1.95. The smallest absolute Gasteiger partial charge is 0.307 e. The van der Waals surface area contributed by atoms with E-state index in [0.29, 0.717) is 37.5 Å². The Balaban J connectivity index is 1.52. The summed E-state index contributed by atoms with van der Waals surface area (Å²) >= 11 is 0. The zero-order valence-corrected chi connectivity index (χ0v) is 22.4. The fraction of sp³-hybridized carbons (Fsp3) is 0.593. The molecule has 0 unspecified atom stereocenters. The lowest BCUT2D eigenvalue weighted by atomic mass is 9.92. The molecule has 0 aromatic heterocycles. The summed E-state index contributed by atoms with van der Waals surface area (Å²) in [7, 11) is 1.49. The Morgan fingerprint density at radius 3 is 2.46 bits per heavy atom. The summed E-state index contributed by atoms with van der Waals surface area (Å²) in [5, 5.41) is 20.3. The summed E-state index contributed by atoms with van der Waals surface area (Å²) in [6, 6.07) is 5.98. The van der Waals surface area contributed by atoms with Crippen LogP contribution in [-0.2, 0) is 19.2 Å². The molecule has 214 valence electrons. The molecule has 4 amide bonds. The Labute approximate surface area is 228 Å². The van der Waals surface area contributed by atoms with E-state index in [2.05, 4.69) is 21.3 Å². The third-order valence-corrected chi connectivity index (χ3v) is 7.14. The first-order valence-electron chi connectivity index (χ1n) is 13.5. The van der Waals surface area contributed by atoms with Crippen molar-refractivity contribution in [2.24, 2.45) is 11.8 Å². The number of benzene rings is 1. The van der Waals surface area contributed by atoms with E-state index >= 15 is 0 Å². The lowest BCUT2D eigenvalue weighted by Gasteiger charge is -2.33. The van der Waals surface area contributed by atoms with E-state index < -0.39 is 36.3 Å². The summed E-state index contributed by atoms with van der Waals surface area (Å²) in [6.07, 6.45) is 3.09. The average Bonchev–Trinajstić information content (AvgIpc) is 2.95. The molecule has 1 aromatic rings. The Morgan fingerprint density at radius 2 is 1.79 bits per heavy atom. The second-order valence-electron chi connectivity index (χ2n) is 10.0. The van der Waals surface area contributed by atoms with Crippen molar-refractivity contribution >= 4 is 29.6 Å². The van der Waals surface area contributed by atoms with Gasteiger partial charge in [-0.1, -0.05) is 0 Å². The summed E-state index contributed by atoms with van der Waals surface area (Å²) in [6.45, 7) is 2.68. The highest BCUT2D eigenvalue weighted by atomic mass is 16.5. The maximum Gasteiger partial charge on any atom is 0.307 e. The maximum absolute atomic E-state index is 13.0. The van der Waals surface area contributed by atoms with Gasteiger partial charge in [-0.2, -0.15) is 0 Å². The van der Waals surface area contributed by atoms with Crippen molar-refractivity contribution in [3.8, 4) is 5.75 Å². The van der Waals surface area contributed by atoms with E-state index in [4.69, 9.17) is 4.74 Å². The van der Waals surface area contributed by atoms with Crippen molar-refractivity contribution in [1.82, 2.24) is 26.2 Å². The highest BCUT2D eigenvalue weighted by Crippen LogP contribution is 2.22. The molecular weight excluding hydrogens is 506 g/mol. The van der Waals surface area contributed by atoms with Crippen LogP contribution in [0, 0.1) is 11.8 Å². The van der Waals surface area contributed by atoms with Gasteiger partial charge < -0.3 is 36.0 Å². The first-order valence-corrected chi connectivity index (χ1v) is 13.5. The molecule has 2 aliphatic heterocycles. The van der Waals surface area contributed by atoms with Crippen LogP contribution in [0.2, 0.25) is 0 Å². The van der Waals surface area contributed by atoms with Crippen LogP contribution in [0.1, 0.15) is 55.3 Å². The van der Waals surface area contributed by atoms with Crippen molar-refractivity contribution in [3.63, 3.8) is 0 Å². The van der Waals surface area contributed by atoms with E-state index in [1.807, 2.05) is 0 Å². The van der Waals surface area contributed by atoms with E-state index in [0.717, 1.165) is 32.4 Å². The van der Waals surface area contributed by atoms with Gasteiger partial charge in [0.25, 0.3) is 11.8 Å². The Kier molecular flexibility index (Phi) is 11.5. The topological polar surface area (TPSA) is 166 Å². The summed E-state index contributed by atoms with van der Waals surface area (Å²) in [4.78, 5) is 63.0. The number of carbonyl (C=O) groups is 5. The molecule has 0 saturated carbocycles.